The maximum atomic E-state index is 12.1. The van der Waals surface area contributed by atoms with Crippen LogP contribution in [-0.2, 0) is 9.53 Å². The number of nitrogens with one attached hydrogen (secondary N) is 1. The number of carbonyl (C=O) groups is 1. The molecule has 1 spiro atoms. The number of hydrogen-bond acceptors (Lipinski definition) is 3. The minimum absolute atomic E-state index is 0.112. The molecule has 0 radical (unpaired) electrons. The van der Waals surface area contributed by atoms with Crippen LogP contribution in [0.3, 0.4) is 0 Å². The van der Waals surface area contributed by atoms with Crippen LogP contribution in [-0.4, -0.2) is 55.9 Å². The van der Waals surface area contributed by atoms with Crippen LogP contribution in [0.5, 0.6) is 0 Å². The molecule has 0 saturated carbocycles. The second kappa shape index (κ2) is 4.04. The summed E-state index contributed by atoms with van der Waals surface area (Å²) in [5, 5.41) is 3.34. The topological polar surface area (TPSA) is 41.6 Å². The Kier molecular flexibility index (Phi) is 3.01. The van der Waals surface area contributed by atoms with Crippen LogP contribution < -0.4 is 5.32 Å². The van der Waals surface area contributed by atoms with Crippen molar-refractivity contribution in [2.75, 3.05) is 26.2 Å². The lowest BCUT2D eigenvalue weighted by Crippen LogP contribution is -2.66. The summed E-state index contributed by atoms with van der Waals surface area (Å²) in [4.78, 5) is 14.0. The maximum absolute atomic E-state index is 12.1. The van der Waals surface area contributed by atoms with Crippen molar-refractivity contribution in [3.8, 4) is 0 Å². The first kappa shape index (κ1) is 11.9. The van der Waals surface area contributed by atoms with Crippen LogP contribution in [0.25, 0.3) is 0 Å². The molecule has 1 N–H and O–H groups in total. The fraction of sp³-hybridized carbons (Fsp3) is 0.909. The number of morpholine rings is 1. The standard InChI is InChI=1S/C11H21BN2O2/c1-3-14-8-11(4-6-13-7-5-11)16-10(2,12)9(14)15/h13H,3-8,12H2,1-2H3. The molecule has 16 heavy (non-hydrogen) atoms. The summed E-state index contributed by atoms with van der Waals surface area (Å²) in [6, 6.07) is 0. The molecule has 90 valence electrons. The van der Waals surface area contributed by atoms with Crippen molar-refractivity contribution in [1.82, 2.24) is 10.2 Å². The van der Waals surface area contributed by atoms with Crippen molar-refractivity contribution in [3.63, 3.8) is 0 Å². The Morgan fingerprint density at radius 2 is 2.12 bits per heavy atom. The molecule has 5 heteroatoms. The predicted octanol–water partition coefficient (Wildman–Crippen LogP) is -0.663. The van der Waals surface area contributed by atoms with E-state index in [0.29, 0.717) is 0 Å². The zero-order valence-electron chi connectivity index (χ0n) is 10.5. The summed E-state index contributed by atoms with van der Waals surface area (Å²) < 4.78 is 6.12. The Balaban J connectivity index is 2.20. The third-order valence-electron chi connectivity index (χ3n) is 3.65. The fourth-order valence-corrected chi connectivity index (χ4v) is 2.82. The van der Waals surface area contributed by atoms with Crippen LogP contribution in [0.15, 0.2) is 0 Å². The van der Waals surface area contributed by atoms with E-state index < -0.39 is 5.50 Å². The van der Waals surface area contributed by atoms with Crippen LogP contribution in [0, 0.1) is 0 Å². The van der Waals surface area contributed by atoms with Gasteiger partial charge in [-0.1, -0.05) is 0 Å². The monoisotopic (exact) mass is 224 g/mol. The second-order valence-corrected chi connectivity index (χ2v) is 5.36. The molecular weight excluding hydrogens is 203 g/mol. The number of amides is 1. The average Bonchev–Trinajstić information content (AvgIpc) is 2.24. The molecule has 1 atom stereocenters. The lowest BCUT2D eigenvalue weighted by Gasteiger charge is -2.51. The first-order valence-corrected chi connectivity index (χ1v) is 6.19. The van der Waals surface area contributed by atoms with Crippen molar-refractivity contribution in [1.29, 1.82) is 0 Å². The Morgan fingerprint density at radius 3 is 2.69 bits per heavy atom. The van der Waals surface area contributed by atoms with E-state index in [4.69, 9.17) is 4.74 Å². The van der Waals surface area contributed by atoms with E-state index in [1.807, 2.05) is 26.6 Å². The van der Waals surface area contributed by atoms with Gasteiger partial charge < -0.3 is 15.0 Å². The van der Waals surface area contributed by atoms with E-state index in [9.17, 15) is 4.79 Å². The van der Waals surface area contributed by atoms with E-state index >= 15 is 0 Å². The largest absolute Gasteiger partial charge is 0.366 e. The van der Waals surface area contributed by atoms with Gasteiger partial charge in [-0.3, -0.25) is 4.79 Å². The van der Waals surface area contributed by atoms with E-state index in [-0.39, 0.29) is 11.5 Å². The van der Waals surface area contributed by atoms with Gasteiger partial charge in [-0.15, -0.1) is 0 Å². The molecule has 2 rings (SSSR count). The first-order chi connectivity index (χ1) is 7.49. The molecule has 0 bridgehead atoms. The Morgan fingerprint density at radius 1 is 1.50 bits per heavy atom. The van der Waals surface area contributed by atoms with Gasteiger partial charge in [0.2, 0.25) is 5.91 Å². The lowest BCUT2D eigenvalue weighted by molar-refractivity contribution is -0.195. The summed E-state index contributed by atoms with van der Waals surface area (Å²) in [5.41, 5.74) is -0.774. The number of hydrogen-bond donors (Lipinski definition) is 1. The molecule has 0 aromatic heterocycles. The molecule has 2 aliphatic rings. The predicted molar refractivity (Wildman–Crippen MR) is 65.1 cm³/mol. The van der Waals surface area contributed by atoms with Gasteiger partial charge in [0.1, 0.15) is 5.50 Å². The molecule has 2 fully saturated rings. The average molecular weight is 224 g/mol. The molecule has 4 nitrogen and oxygen atoms in total. The zero-order chi connectivity index (χ0) is 11.8. The summed E-state index contributed by atoms with van der Waals surface area (Å²) in [6.07, 6.45) is 2.00. The molecule has 0 aromatic carbocycles. The van der Waals surface area contributed by atoms with Gasteiger partial charge >= 0.3 is 0 Å². The molecular formula is C11H21BN2O2. The van der Waals surface area contributed by atoms with Crippen molar-refractivity contribution in [3.05, 3.63) is 0 Å². The van der Waals surface area contributed by atoms with Gasteiger partial charge in [-0.25, -0.2) is 0 Å². The van der Waals surface area contributed by atoms with E-state index in [0.717, 1.165) is 39.0 Å². The third-order valence-corrected chi connectivity index (χ3v) is 3.65. The van der Waals surface area contributed by atoms with Crippen LogP contribution in [0.1, 0.15) is 26.7 Å². The minimum Gasteiger partial charge on any atom is -0.366 e. The number of rotatable bonds is 1. The fourth-order valence-electron chi connectivity index (χ4n) is 2.82. The summed E-state index contributed by atoms with van der Waals surface area (Å²) in [6.45, 7) is 7.44. The highest BCUT2D eigenvalue weighted by Gasteiger charge is 2.48. The first-order valence-electron chi connectivity index (χ1n) is 6.19. The van der Waals surface area contributed by atoms with Crippen molar-refractivity contribution in [2.24, 2.45) is 0 Å². The van der Waals surface area contributed by atoms with Crippen molar-refractivity contribution < 1.29 is 9.53 Å². The van der Waals surface area contributed by atoms with Gasteiger partial charge in [0.05, 0.1) is 5.60 Å². The molecule has 1 unspecified atom stereocenters. The molecule has 2 aliphatic heterocycles. The van der Waals surface area contributed by atoms with E-state index in [1.165, 1.54) is 0 Å². The van der Waals surface area contributed by atoms with Gasteiger partial charge in [-0.05, 0) is 39.8 Å². The zero-order valence-corrected chi connectivity index (χ0v) is 10.5. The van der Waals surface area contributed by atoms with Crippen LogP contribution in [0.2, 0.25) is 0 Å². The highest BCUT2D eigenvalue weighted by atomic mass is 16.5. The lowest BCUT2D eigenvalue weighted by atomic mass is 9.77. The molecule has 0 aliphatic carbocycles. The smallest absolute Gasteiger partial charge is 0.245 e. The Hall–Kier alpha value is -0.545. The minimum atomic E-state index is -0.661. The highest BCUT2D eigenvalue weighted by molar-refractivity contribution is 6.27. The number of carbonyl (C=O) groups excluding carboxylic acids is 1. The number of likely N-dealkylation sites (N-methyl/N-ethyl adjacent to an activating group) is 1. The quantitative estimate of drug-likeness (QED) is 0.601. The molecule has 2 heterocycles. The molecule has 2 saturated heterocycles. The number of nitrogens with zero attached hydrogens (tertiary/aromatic N) is 1. The summed E-state index contributed by atoms with van der Waals surface area (Å²) in [5.74, 6) is 0.124. The molecule has 0 aromatic rings. The Labute approximate surface area is 98.1 Å². The maximum Gasteiger partial charge on any atom is 0.245 e. The van der Waals surface area contributed by atoms with Gasteiger partial charge in [-0.2, -0.15) is 0 Å². The van der Waals surface area contributed by atoms with E-state index in [2.05, 4.69) is 5.32 Å². The summed E-state index contributed by atoms with van der Waals surface area (Å²) >= 11 is 0. The van der Waals surface area contributed by atoms with Crippen LogP contribution >= 0.6 is 0 Å². The van der Waals surface area contributed by atoms with Crippen molar-refractivity contribution in [2.45, 2.75) is 37.8 Å². The second-order valence-electron chi connectivity index (χ2n) is 5.36. The number of piperidine rings is 1. The Bertz CT molecular complexity index is 288. The van der Waals surface area contributed by atoms with Gasteiger partial charge in [0.15, 0.2) is 7.85 Å². The summed E-state index contributed by atoms with van der Waals surface area (Å²) in [7, 11) is 1.89. The van der Waals surface area contributed by atoms with E-state index in [1.54, 1.807) is 0 Å². The SMILES string of the molecule is BC1(C)OC2(CCNCC2)CN(CC)C1=O. The van der Waals surface area contributed by atoms with Crippen molar-refractivity contribution >= 4 is 13.8 Å². The normalized spacial score (nSPS) is 34.4. The molecule has 1 amide bonds. The van der Waals surface area contributed by atoms with Gasteiger partial charge in [0, 0.05) is 13.1 Å². The third kappa shape index (κ3) is 1.98. The highest BCUT2D eigenvalue weighted by Crippen LogP contribution is 2.34. The number of ether oxygens (including phenoxy) is 1. The van der Waals surface area contributed by atoms with Gasteiger partial charge in [0.25, 0.3) is 0 Å². The van der Waals surface area contributed by atoms with Crippen LogP contribution in [0.4, 0.5) is 0 Å².